The van der Waals surface area contributed by atoms with Crippen LogP contribution < -0.4 is 20.3 Å². The quantitative estimate of drug-likeness (QED) is 0.323. The largest absolute Gasteiger partial charge is 0.618 e. The van der Waals surface area contributed by atoms with Crippen molar-refractivity contribution in [2.75, 3.05) is 13.2 Å². The summed E-state index contributed by atoms with van der Waals surface area (Å²) in [6, 6.07) is 10.5. The van der Waals surface area contributed by atoms with Crippen LogP contribution in [0.25, 0.3) is 0 Å². The molecular formula is C16H14ClN3O6. The molecule has 9 nitrogen and oxygen atoms in total. The van der Waals surface area contributed by atoms with Gasteiger partial charge in [0.2, 0.25) is 0 Å². The fourth-order valence-corrected chi connectivity index (χ4v) is 1.81. The van der Waals surface area contributed by atoms with E-state index in [0.29, 0.717) is 15.5 Å². The van der Waals surface area contributed by atoms with Crippen molar-refractivity contribution in [2.24, 2.45) is 0 Å². The number of nitrogens with one attached hydrogen (secondary N) is 2. The average Bonchev–Trinajstić information content (AvgIpc) is 2.64. The van der Waals surface area contributed by atoms with Gasteiger partial charge in [0.1, 0.15) is 5.75 Å². The zero-order valence-electron chi connectivity index (χ0n) is 13.3. The van der Waals surface area contributed by atoms with Crippen molar-refractivity contribution in [3.63, 3.8) is 0 Å². The van der Waals surface area contributed by atoms with Crippen LogP contribution in [0.4, 0.5) is 0 Å². The molecule has 10 heteroatoms. The zero-order chi connectivity index (χ0) is 18.9. The molecule has 0 atom stereocenters. The number of aromatic nitrogens is 1. The Morgan fingerprint density at radius 2 is 1.65 bits per heavy atom. The third-order valence-corrected chi connectivity index (χ3v) is 3.14. The van der Waals surface area contributed by atoms with Gasteiger partial charge in [-0.3, -0.25) is 20.4 Å². The molecule has 0 aliphatic rings. The summed E-state index contributed by atoms with van der Waals surface area (Å²) in [6.45, 7) is -1.02. The number of hydrogen-bond donors (Lipinski definition) is 2. The lowest BCUT2D eigenvalue weighted by atomic mass is 10.3. The van der Waals surface area contributed by atoms with Crippen molar-refractivity contribution in [3.05, 3.63) is 64.6 Å². The van der Waals surface area contributed by atoms with E-state index >= 15 is 0 Å². The third-order valence-electron chi connectivity index (χ3n) is 2.89. The fourth-order valence-electron chi connectivity index (χ4n) is 1.68. The van der Waals surface area contributed by atoms with Crippen LogP contribution in [0.1, 0.15) is 10.5 Å². The van der Waals surface area contributed by atoms with Crippen molar-refractivity contribution < 1.29 is 28.6 Å². The molecule has 0 saturated carbocycles. The van der Waals surface area contributed by atoms with Crippen molar-refractivity contribution in [1.29, 1.82) is 0 Å². The van der Waals surface area contributed by atoms with E-state index in [4.69, 9.17) is 16.3 Å². The minimum Gasteiger partial charge on any atom is -0.618 e. The first-order valence-corrected chi connectivity index (χ1v) is 7.65. The number of carbonyl (C=O) groups excluding carboxylic acids is 3. The summed E-state index contributed by atoms with van der Waals surface area (Å²) < 4.78 is 10.2. The zero-order valence-corrected chi connectivity index (χ0v) is 14.1. The molecule has 2 rings (SSSR count). The topological polar surface area (TPSA) is 121 Å². The maximum absolute atomic E-state index is 11.7. The normalized spacial score (nSPS) is 9.88. The molecule has 2 amide bonds. The Labute approximate surface area is 153 Å². The molecule has 0 aliphatic carbocycles. The number of ether oxygens (including phenoxy) is 2. The van der Waals surface area contributed by atoms with Crippen LogP contribution in [0.15, 0.2) is 48.7 Å². The molecule has 136 valence electrons. The second-order valence-electron chi connectivity index (χ2n) is 4.83. The monoisotopic (exact) mass is 379 g/mol. The molecule has 1 aromatic heterocycles. The Morgan fingerprint density at radius 1 is 1.00 bits per heavy atom. The SMILES string of the molecule is O=C(COC(=O)c1cccc[n+]1[O-])NNC(=O)COc1ccc(Cl)cc1. The molecule has 0 bridgehead atoms. The Hall–Kier alpha value is -3.33. The molecule has 0 spiro atoms. The van der Waals surface area contributed by atoms with E-state index in [0.717, 1.165) is 6.20 Å². The predicted molar refractivity (Wildman–Crippen MR) is 88.9 cm³/mol. The van der Waals surface area contributed by atoms with Crippen LogP contribution in [0.2, 0.25) is 5.02 Å². The van der Waals surface area contributed by atoms with Crippen LogP contribution in [0.5, 0.6) is 5.75 Å². The Morgan fingerprint density at radius 3 is 2.31 bits per heavy atom. The second-order valence-corrected chi connectivity index (χ2v) is 5.26. The van der Waals surface area contributed by atoms with E-state index in [-0.39, 0.29) is 12.3 Å². The number of hydrogen-bond acceptors (Lipinski definition) is 6. The minimum absolute atomic E-state index is 0.263. The van der Waals surface area contributed by atoms with Gasteiger partial charge in [-0.1, -0.05) is 11.6 Å². The maximum atomic E-state index is 11.7. The molecular weight excluding hydrogens is 366 g/mol. The highest BCUT2D eigenvalue weighted by Crippen LogP contribution is 2.15. The molecule has 26 heavy (non-hydrogen) atoms. The van der Waals surface area contributed by atoms with Gasteiger partial charge in [0.15, 0.2) is 19.4 Å². The summed E-state index contributed by atoms with van der Waals surface area (Å²) in [4.78, 5) is 34.8. The average molecular weight is 380 g/mol. The predicted octanol–water partition coefficient (Wildman–Crippen LogP) is 0.357. The molecule has 0 radical (unpaired) electrons. The van der Waals surface area contributed by atoms with E-state index < -0.39 is 24.4 Å². The molecule has 0 fully saturated rings. The lowest BCUT2D eigenvalue weighted by Crippen LogP contribution is -2.45. The summed E-state index contributed by atoms with van der Waals surface area (Å²) in [5.74, 6) is -1.95. The minimum atomic E-state index is -0.965. The van der Waals surface area contributed by atoms with Gasteiger partial charge in [0.05, 0.1) is 0 Å². The first-order chi connectivity index (χ1) is 12.5. The van der Waals surface area contributed by atoms with Gasteiger partial charge >= 0.3 is 11.7 Å². The van der Waals surface area contributed by atoms with Crippen molar-refractivity contribution in [2.45, 2.75) is 0 Å². The summed E-state index contributed by atoms with van der Waals surface area (Å²) in [5.41, 5.74) is 3.88. The van der Waals surface area contributed by atoms with E-state index in [1.807, 2.05) is 5.43 Å². The number of rotatable bonds is 6. The molecule has 2 aromatic rings. The molecule has 0 unspecified atom stereocenters. The molecule has 0 aliphatic heterocycles. The highest BCUT2D eigenvalue weighted by molar-refractivity contribution is 6.30. The van der Waals surface area contributed by atoms with Gasteiger partial charge in [-0.05, 0) is 30.3 Å². The third kappa shape index (κ3) is 5.95. The van der Waals surface area contributed by atoms with E-state index in [9.17, 15) is 19.6 Å². The summed E-state index contributed by atoms with van der Waals surface area (Å²) in [5, 5.41) is 11.9. The fraction of sp³-hybridized carbons (Fsp3) is 0.125. The standard InChI is InChI=1S/C16H14ClN3O6/c17-11-4-6-12(7-5-11)25-9-14(21)18-19-15(22)10-26-16(23)13-3-1-2-8-20(13)24/h1-8H,9-10H2,(H,18,21)(H,19,22). The first-order valence-electron chi connectivity index (χ1n) is 7.27. The molecule has 1 heterocycles. The van der Waals surface area contributed by atoms with Crippen LogP contribution in [-0.4, -0.2) is 31.0 Å². The first kappa shape index (κ1) is 19.0. The summed E-state index contributed by atoms with van der Waals surface area (Å²) in [7, 11) is 0. The van der Waals surface area contributed by atoms with Crippen molar-refractivity contribution in [1.82, 2.24) is 10.9 Å². The number of halogens is 1. The number of amides is 2. The number of esters is 1. The van der Waals surface area contributed by atoms with Crippen LogP contribution in [0.3, 0.4) is 0 Å². The molecule has 0 saturated heterocycles. The van der Waals surface area contributed by atoms with Crippen molar-refractivity contribution in [3.8, 4) is 5.75 Å². The summed E-state index contributed by atoms with van der Waals surface area (Å²) in [6.07, 6.45) is 1.12. The Balaban J connectivity index is 1.68. The Bertz CT molecular complexity index is 797. The van der Waals surface area contributed by atoms with Gasteiger partial charge in [0.25, 0.3) is 11.8 Å². The number of hydrazine groups is 1. The highest BCUT2D eigenvalue weighted by atomic mass is 35.5. The van der Waals surface area contributed by atoms with Gasteiger partial charge in [-0.2, -0.15) is 4.73 Å². The molecule has 1 aromatic carbocycles. The number of pyridine rings is 1. The van der Waals surface area contributed by atoms with Gasteiger partial charge < -0.3 is 14.7 Å². The second kappa shape index (κ2) is 9.23. The van der Waals surface area contributed by atoms with E-state index in [1.54, 1.807) is 24.3 Å². The van der Waals surface area contributed by atoms with E-state index in [2.05, 4.69) is 10.2 Å². The van der Waals surface area contributed by atoms with Gasteiger partial charge in [0, 0.05) is 17.2 Å². The van der Waals surface area contributed by atoms with Gasteiger partial charge in [-0.15, -0.1) is 0 Å². The highest BCUT2D eigenvalue weighted by Gasteiger charge is 2.18. The van der Waals surface area contributed by atoms with Gasteiger partial charge in [-0.25, -0.2) is 4.79 Å². The van der Waals surface area contributed by atoms with E-state index in [1.165, 1.54) is 18.2 Å². The lowest BCUT2D eigenvalue weighted by Gasteiger charge is -2.09. The smallest absolute Gasteiger partial charge is 0.405 e. The Kier molecular flexibility index (Phi) is 6.75. The molecule has 2 N–H and O–H groups in total. The number of nitrogens with zero attached hydrogens (tertiary/aromatic N) is 1. The number of carbonyl (C=O) groups is 3. The van der Waals surface area contributed by atoms with Crippen LogP contribution >= 0.6 is 11.6 Å². The van der Waals surface area contributed by atoms with Crippen molar-refractivity contribution >= 4 is 29.4 Å². The lowest BCUT2D eigenvalue weighted by molar-refractivity contribution is -0.608. The van der Waals surface area contributed by atoms with Crippen LogP contribution in [0, 0.1) is 5.21 Å². The number of benzene rings is 1. The van der Waals surface area contributed by atoms with Crippen LogP contribution in [-0.2, 0) is 14.3 Å². The summed E-state index contributed by atoms with van der Waals surface area (Å²) >= 11 is 5.72. The maximum Gasteiger partial charge on any atom is 0.405 e.